The van der Waals surface area contributed by atoms with Gasteiger partial charge < -0.3 is 14.9 Å². The molecule has 0 aliphatic carbocycles. The Morgan fingerprint density at radius 3 is 2.00 bits per heavy atom. The second-order valence-corrected chi connectivity index (χ2v) is 2.53. The third-order valence-electron chi connectivity index (χ3n) is 1.47. The van der Waals surface area contributed by atoms with Crippen LogP contribution in [0.2, 0.25) is 0 Å². The fourth-order valence-electron chi connectivity index (χ4n) is 0.722. The summed E-state index contributed by atoms with van der Waals surface area (Å²) in [6.45, 7) is 5.54. The van der Waals surface area contributed by atoms with Gasteiger partial charge in [0.25, 0.3) is 0 Å². The number of allylic oxidation sites excluding steroid dienone is 1. The van der Waals surface area contributed by atoms with E-state index in [9.17, 15) is 0 Å². The van der Waals surface area contributed by atoms with Crippen molar-refractivity contribution in [2.45, 2.75) is 13.3 Å². The lowest BCUT2D eigenvalue weighted by molar-refractivity contribution is 0.344. The number of phenolic OH excluding ortho intramolecular Hbond substituents is 2. The normalized spacial score (nSPS) is 8.43. The molecule has 2 N–H and O–H groups in total. The molecule has 14 heavy (non-hydrogen) atoms. The van der Waals surface area contributed by atoms with Crippen molar-refractivity contribution in [3.8, 4) is 17.2 Å². The second-order valence-electron chi connectivity index (χ2n) is 2.53. The molecule has 1 rings (SSSR count). The van der Waals surface area contributed by atoms with E-state index in [0.29, 0.717) is 0 Å². The summed E-state index contributed by atoms with van der Waals surface area (Å²) in [5.74, 6) is 0.00694. The molecule has 0 atom stereocenters. The van der Waals surface area contributed by atoms with Crippen LogP contribution in [0.4, 0.5) is 0 Å². The highest BCUT2D eigenvalue weighted by molar-refractivity contribution is 5.48. The average Bonchev–Trinajstić information content (AvgIpc) is 2.19. The lowest BCUT2D eigenvalue weighted by atomic mass is 10.3. The highest BCUT2D eigenvalue weighted by atomic mass is 16.5. The van der Waals surface area contributed by atoms with Crippen molar-refractivity contribution < 1.29 is 14.9 Å². The number of hydrogen-bond acceptors (Lipinski definition) is 3. The zero-order chi connectivity index (χ0) is 11.0. The SMILES string of the molecule is C=CCC.COc1c(O)cccc1O. The molecule has 0 radical (unpaired) electrons. The Balaban J connectivity index is 0.000000364. The number of methoxy groups -OCH3 is 1. The summed E-state index contributed by atoms with van der Waals surface area (Å²) in [5, 5.41) is 18.0. The molecule has 3 heteroatoms. The van der Waals surface area contributed by atoms with Gasteiger partial charge in [0.2, 0.25) is 5.75 Å². The van der Waals surface area contributed by atoms with Crippen LogP contribution >= 0.6 is 0 Å². The van der Waals surface area contributed by atoms with E-state index in [1.807, 2.05) is 6.08 Å². The number of aromatic hydroxyl groups is 2. The maximum absolute atomic E-state index is 9.01. The molecule has 1 aromatic carbocycles. The Hall–Kier alpha value is -1.64. The summed E-state index contributed by atoms with van der Waals surface area (Å²) < 4.78 is 4.68. The van der Waals surface area contributed by atoms with Crippen molar-refractivity contribution in [3.63, 3.8) is 0 Å². The van der Waals surface area contributed by atoms with Crippen molar-refractivity contribution in [2.75, 3.05) is 7.11 Å². The first-order valence-corrected chi connectivity index (χ1v) is 4.33. The molecule has 0 saturated carbocycles. The van der Waals surface area contributed by atoms with E-state index in [4.69, 9.17) is 10.2 Å². The highest BCUT2D eigenvalue weighted by Gasteiger charge is 2.04. The van der Waals surface area contributed by atoms with Gasteiger partial charge in [-0.05, 0) is 18.6 Å². The Morgan fingerprint density at radius 1 is 1.36 bits per heavy atom. The smallest absolute Gasteiger partial charge is 0.202 e. The zero-order valence-corrected chi connectivity index (χ0v) is 8.53. The van der Waals surface area contributed by atoms with Crippen LogP contribution in [0.15, 0.2) is 30.9 Å². The van der Waals surface area contributed by atoms with Gasteiger partial charge >= 0.3 is 0 Å². The molecule has 0 aromatic heterocycles. The largest absolute Gasteiger partial charge is 0.504 e. The Labute approximate surface area is 84.3 Å². The van der Waals surface area contributed by atoms with E-state index in [1.165, 1.54) is 25.3 Å². The van der Waals surface area contributed by atoms with Crippen LogP contribution in [0.1, 0.15) is 13.3 Å². The van der Waals surface area contributed by atoms with E-state index in [-0.39, 0.29) is 17.2 Å². The van der Waals surface area contributed by atoms with Crippen molar-refractivity contribution in [2.24, 2.45) is 0 Å². The van der Waals surface area contributed by atoms with Gasteiger partial charge in [0, 0.05) is 0 Å². The van der Waals surface area contributed by atoms with E-state index in [2.05, 4.69) is 18.2 Å². The molecule has 0 saturated heterocycles. The first kappa shape index (κ1) is 12.4. The topological polar surface area (TPSA) is 49.7 Å². The van der Waals surface area contributed by atoms with E-state index in [1.54, 1.807) is 0 Å². The van der Waals surface area contributed by atoms with Gasteiger partial charge in [-0.15, -0.1) is 6.58 Å². The van der Waals surface area contributed by atoms with Gasteiger partial charge in [-0.3, -0.25) is 0 Å². The summed E-state index contributed by atoms with van der Waals surface area (Å²) in [6.07, 6.45) is 2.96. The molecule has 0 aliphatic rings. The Kier molecular flexibility index (Phi) is 6.03. The number of benzene rings is 1. The third-order valence-corrected chi connectivity index (χ3v) is 1.47. The molecule has 0 heterocycles. The van der Waals surface area contributed by atoms with Crippen LogP contribution in [-0.2, 0) is 0 Å². The van der Waals surface area contributed by atoms with Crippen molar-refractivity contribution in [1.29, 1.82) is 0 Å². The molecule has 1 aromatic rings. The standard InChI is InChI=1S/C7H8O3.C4H8/c1-10-7-5(8)3-2-4-6(7)9;1-3-4-2/h2-4,8-9H,1H3;3H,1,4H2,2H3. The third kappa shape index (κ3) is 3.85. The minimum absolute atomic E-state index is 0.0532. The van der Waals surface area contributed by atoms with E-state index < -0.39 is 0 Å². The molecule has 0 bridgehead atoms. The van der Waals surface area contributed by atoms with E-state index >= 15 is 0 Å². The van der Waals surface area contributed by atoms with Crippen LogP contribution in [-0.4, -0.2) is 17.3 Å². The monoisotopic (exact) mass is 196 g/mol. The first-order chi connectivity index (χ1) is 6.67. The summed E-state index contributed by atoms with van der Waals surface area (Å²) in [4.78, 5) is 0. The van der Waals surface area contributed by atoms with E-state index in [0.717, 1.165) is 6.42 Å². The van der Waals surface area contributed by atoms with Gasteiger partial charge in [-0.2, -0.15) is 0 Å². The fraction of sp³-hybridized carbons (Fsp3) is 0.273. The Morgan fingerprint density at radius 2 is 1.79 bits per heavy atom. The zero-order valence-electron chi connectivity index (χ0n) is 8.53. The molecular formula is C11H16O3. The molecule has 0 amide bonds. The quantitative estimate of drug-likeness (QED) is 0.715. The van der Waals surface area contributed by atoms with Gasteiger partial charge in [-0.25, -0.2) is 0 Å². The maximum atomic E-state index is 9.01. The first-order valence-electron chi connectivity index (χ1n) is 4.33. The summed E-state index contributed by atoms with van der Waals surface area (Å²) in [5.41, 5.74) is 0. The van der Waals surface area contributed by atoms with Crippen LogP contribution in [0.5, 0.6) is 17.2 Å². The molecule has 0 aliphatic heterocycles. The van der Waals surface area contributed by atoms with Crippen LogP contribution in [0.3, 0.4) is 0 Å². The van der Waals surface area contributed by atoms with Gasteiger partial charge in [-0.1, -0.05) is 19.1 Å². The number of para-hydroxylation sites is 1. The van der Waals surface area contributed by atoms with Gasteiger partial charge in [0.15, 0.2) is 11.5 Å². The Bertz CT molecular complexity index is 262. The fourth-order valence-corrected chi connectivity index (χ4v) is 0.722. The minimum Gasteiger partial charge on any atom is -0.504 e. The minimum atomic E-state index is -0.0532. The lowest BCUT2D eigenvalue weighted by Gasteiger charge is -2.03. The van der Waals surface area contributed by atoms with Gasteiger partial charge in [0.05, 0.1) is 7.11 Å². The van der Waals surface area contributed by atoms with Crippen LogP contribution in [0, 0.1) is 0 Å². The van der Waals surface area contributed by atoms with Gasteiger partial charge in [0.1, 0.15) is 0 Å². The summed E-state index contributed by atoms with van der Waals surface area (Å²) in [7, 11) is 1.38. The predicted molar refractivity (Wildman–Crippen MR) is 56.8 cm³/mol. The molecular weight excluding hydrogens is 180 g/mol. The van der Waals surface area contributed by atoms with Crippen LogP contribution in [0.25, 0.3) is 0 Å². The number of ether oxygens (including phenoxy) is 1. The molecule has 0 fully saturated rings. The summed E-state index contributed by atoms with van der Waals surface area (Å²) in [6, 6.07) is 4.42. The lowest BCUT2D eigenvalue weighted by Crippen LogP contribution is -1.82. The maximum Gasteiger partial charge on any atom is 0.202 e. The van der Waals surface area contributed by atoms with Crippen molar-refractivity contribution in [1.82, 2.24) is 0 Å². The average molecular weight is 196 g/mol. The number of hydrogen-bond donors (Lipinski definition) is 2. The molecule has 0 spiro atoms. The second kappa shape index (κ2) is 6.83. The molecule has 78 valence electrons. The summed E-state index contributed by atoms with van der Waals surface area (Å²) >= 11 is 0. The predicted octanol–water partition coefficient (Wildman–Crippen LogP) is 2.69. The van der Waals surface area contributed by atoms with Crippen molar-refractivity contribution in [3.05, 3.63) is 30.9 Å². The van der Waals surface area contributed by atoms with Crippen LogP contribution < -0.4 is 4.74 Å². The van der Waals surface area contributed by atoms with Crippen molar-refractivity contribution >= 4 is 0 Å². The molecule has 3 nitrogen and oxygen atoms in total. The number of phenols is 2. The highest BCUT2D eigenvalue weighted by Crippen LogP contribution is 2.34. The number of rotatable bonds is 2. The molecule has 0 unspecified atom stereocenters.